The minimum Gasteiger partial charge on any atom is -0.494 e. The lowest BCUT2D eigenvalue weighted by Gasteiger charge is -2.14. The molecule has 2 nitrogen and oxygen atoms in total. The molecule has 0 heterocycles. The normalized spacial score (nSPS) is 12.2. The number of halogens is 1. The highest BCUT2D eigenvalue weighted by Crippen LogP contribution is 2.25. The van der Waals surface area contributed by atoms with Crippen molar-refractivity contribution in [3.63, 3.8) is 0 Å². The van der Waals surface area contributed by atoms with E-state index >= 15 is 0 Å². The Balaban J connectivity index is 2.27. The van der Waals surface area contributed by atoms with Crippen molar-refractivity contribution in [2.75, 3.05) is 6.61 Å². The third-order valence-electron chi connectivity index (χ3n) is 2.74. The van der Waals surface area contributed by atoms with Crippen LogP contribution in [0.15, 0.2) is 53.0 Å². The van der Waals surface area contributed by atoms with Crippen LogP contribution in [-0.4, -0.2) is 6.61 Å². The van der Waals surface area contributed by atoms with Gasteiger partial charge >= 0.3 is 0 Å². The SMILES string of the molecule is CCOc1cccc(C(N)c2cccc(Br)c2)c1. The first-order chi connectivity index (χ1) is 8.70. The van der Waals surface area contributed by atoms with E-state index in [1.165, 1.54) is 0 Å². The fourth-order valence-electron chi connectivity index (χ4n) is 1.86. The van der Waals surface area contributed by atoms with Crippen LogP contribution in [0.4, 0.5) is 0 Å². The van der Waals surface area contributed by atoms with Crippen molar-refractivity contribution in [2.24, 2.45) is 5.73 Å². The molecule has 94 valence electrons. The second-order valence-corrected chi connectivity index (χ2v) is 4.95. The standard InChI is InChI=1S/C15H16BrNO/c1-2-18-14-8-4-6-12(10-14)15(17)11-5-3-7-13(16)9-11/h3-10,15H,2,17H2,1H3. The summed E-state index contributed by atoms with van der Waals surface area (Å²) in [6.07, 6.45) is 0. The van der Waals surface area contributed by atoms with Gasteiger partial charge in [-0.25, -0.2) is 0 Å². The molecule has 1 atom stereocenters. The highest BCUT2D eigenvalue weighted by Gasteiger charge is 2.09. The Morgan fingerprint density at radius 3 is 2.44 bits per heavy atom. The van der Waals surface area contributed by atoms with E-state index in [0.29, 0.717) is 6.61 Å². The third-order valence-corrected chi connectivity index (χ3v) is 3.23. The molecule has 0 radical (unpaired) electrons. The molecule has 3 heteroatoms. The molecule has 0 amide bonds. The first kappa shape index (κ1) is 13.1. The highest BCUT2D eigenvalue weighted by atomic mass is 79.9. The van der Waals surface area contributed by atoms with E-state index in [9.17, 15) is 0 Å². The molecule has 0 aliphatic heterocycles. The van der Waals surface area contributed by atoms with Gasteiger partial charge in [-0.2, -0.15) is 0 Å². The average molecular weight is 306 g/mol. The number of hydrogen-bond donors (Lipinski definition) is 1. The van der Waals surface area contributed by atoms with Gasteiger partial charge in [-0.3, -0.25) is 0 Å². The zero-order valence-corrected chi connectivity index (χ0v) is 11.9. The Morgan fingerprint density at radius 2 is 1.78 bits per heavy atom. The highest BCUT2D eigenvalue weighted by molar-refractivity contribution is 9.10. The number of rotatable bonds is 4. The molecule has 0 saturated heterocycles. The molecule has 2 aromatic rings. The maximum absolute atomic E-state index is 6.27. The third kappa shape index (κ3) is 3.12. The van der Waals surface area contributed by atoms with Crippen molar-refractivity contribution in [3.8, 4) is 5.75 Å². The maximum atomic E-state index is 6.27. The molecule has 0 aliphatic carbocycles. The van der Waals surface area contributed by atoms with Crippen LogP contribution in [0.5, 0.6) is 5.75 Å². The molecule has 2 aromatic carbocycles. The first-order valence-corrected chi connectivity index (χ1v) is 6.74. The Hall–Kier alpha value is -1.32. The van der Waals surface area contributed by atoms with Gasteiger partial charge in [0.2, 0.25) is 0 Å². The van der Waals surface area contributed by atoms with Gasteiger partial charge < -0.3 is 10.5 Å². The molecule has 1 unspecified atom stereocenters. The largest absolute Gasteiger partial charge is 0.494 e. The summed E-state index contributed by atoms with van der Waals surface area (Å²) < 4.78 is 6.53. The molecule has 0 bridgehead atoms. The first-order valence-electron chi connectivity index (χ1n) is 5.94. The summed E-state index contributed by atoms with van der Waals surface area (Å²) in [4.78, 5) is 0. The quantitative estimate of drug-likeness (QED) is 0.930. The van der Waals surface area contributed by atoms with E-state index in [0.717, 1.165) is 21.3 Å². The summed E-state index contributed by atoms with van der Waals surface area (Å²) in [5.74, 6) is 0.862. The van der Waals surface area contributed by atoms with E-state index in [-0.39, 0.29) is 6.04 Å². The summed E-state index contributed by atoms with van der Waals surface area (Å²) in [7, 11) is 0. The van der Waals surface area contributed by atoms with Crippen molar-refractivity contribution in [1.29, 1.82) is 0 Å². The molecule has 0 saturated carbocycles. The monoisotopic (exact) mass is 305 g/mol. The van der Waals surface area contributed by atoms with Gasteiger partial charge in [0.05, 0.1) is 12.6 Å². The van der Waals surface area contributed by atoms with Crippen molar-refractivity contribution in [3.05, 3.63) is 64.1 Å². The molecular weight excluding hydrogens is 290 g/mol. The van der Waals surface area contributed by atoms with E-state index in [1.54, 1.807) is 0 Å². The number of benzene rings is 2. The topological polar surface area (TPSA) is 35.2 Å². The smallest absolute Gasteiger partial charge is 0.119 e. The van der Waals surface area contributed by atoms with Crippen LogP contribution in [0.2, 0.25) is 0 Å². The fourth-order valence-corrected chi connectivity index (χ4v) is 2.27. The van der Waals surface area contributed by atoms with Crippen LogP contribution < -0.4 is 10.5 Å². The molecule has 0 spiro atoms. The summed E-state index contributed by atoms with van der Waals surface area (Å²) in [6.45, 7) is 2.64. The van der Waals surface area contributed by atoms with Gasteiger partial charge in [0.25, 0.3) is 0 Å². The van der Waals surface area contributed by atoms with E-state index < -0.39 is 0 Å². The lowest BCUT2D eigenvalue weighted by Crippen LogP contribution is -2.11. The van der Waals surface area contributed by atoms with E-state index in [4.69, 9.17) is 10.5 Å². The lowest BCUT2D eigenvalue weighted by atomic mass is 10.00. The van der Waals surface area contributed by atoms with Crippen LogP contribution in [0.3, 0.4) is 0 Å². The summed E-state index contributed by atoms with van der Waals surface area (Å²) in [5.41, 5.74) is 8.41. The molecule has 0 aromatic heterocycles. The van der Waals surface area contributed by atoms with Gasteiger partial charge in [-0.15, -0.1) is 0 Å². The molecule has 18 heavy (non-hydrogen) atoms. The van der Waals surface area contributed by atoms with Crippen LogP contribution in [0.25, 0.3) is 0 Å². The Bertz CT molecular complexity index is 527. The Morgan fingerprint density at radius 1 is 1.11 bits per heavy atom. The van der Waals surface area contributed by atoms with Crippen molar-refractivity contribution in [1.82, 2.24) is 0 Å². The number of ether oxygens (including phenoxy) is 1. The Kier molecular flexibility index (Phi) is 4.39. The van der Waals surface area contributed by atoms with E-state index in [2.05, 4.69) is 15.9 Å². The summed E-state index contributed by atoms with van der Waals surface area (Å²) in [5, 5.41) is 0. The van der Waals surface area contributed by atoms with Gasteiger partial charge in [0.1, 0.15) is 5.75 Å². The van der Waals surface area contributed by atoms with E-state index in [1.807, 2.05) is 55.5 Å². The van der Waals surface area contributed by atoms with Crippen LogP contribution >= 0.6 is 15.9 Å². The summed E-state index contributed by atoms with van der Waals surface area (Å²) in [6, 6.07) is 15.9. The maximum Gasteiger partial charge on any atom is 0.119 e. The average Bonchev–Trinajstić information content (AvgIpc) is 2.39. The predicted octanol–water partition coefficient (Wildman–Crippen LogP) is 3.90. The lowest BCUT2D eigenvalue weighted by molar-refractivity contribution is 0.340. The molecule has 0 fully saturated rings. The molecular formula is C15H16BrNO. The molecule has 2 N–H and O–H groups in total. The zero-order valence-electron chi connectivity index (χ0n) is 10.3. The van der Waals surface area contributed by atoms with Crippen LogP contribution in [0.1, 0.15) is 24.1 Å². The molecule has 2 rings (SSSR count). The molecule has 0 aliphatic rings. The van der Waals surface area contributed by atoms with Crippen molar-refractivity contribution in [2.45, 2.75) is 13.0 Å². The minimum absolute atomic E-state index is 0.136. The van der Waals surface area contributed by atoms with Crippen molar-refractivity contribution >= 4 is 15.9 Å². The van der Waals surface area contributed by atoms with Crippen LogP contribution in [0, 0.1) is 0 Å². The Labute approximate surface area is 116 Å². The number of hydrogen-bond acceptors (Lipinski definition) is 2. The second-order valence-electron chi connectivity index (χ2n) is 4.04. The zero-order chi connectivity index (χ0) is 13.0. The van der Waals surface area contributed by atoms with Crippen molar-refractivity contribution < 1.29 is 4.74 Å². The number of nitrogens with two attached hydrogens (primary N) is 1. The van der Waals surface area contributed by atoms with Gasteiger partial charge in [0.15, 0.2) is 0 Å². The summed E-state index contributed by atoms with van der Waals surface area (Å²) >= 11 is 3.46. The second kappa shape index (κ2) is 6.03. The predicted molar refractivity (Wildman–Crippen MR) is 77.8 cm³/mol. The van der Waals surface area contributed by atoms with Gasteiger partial charge in [0, 0.05) is 4.47 Å². The minimum atomic E-state index is -0.136. The fraction of sp³-hybridized carbons (Fsp3) is 0.200. The van der Waals surface area contributed by atoms with Crippen LogP contribution in [-0.2, 0) is 0 Å². The van der Waals surface area contributed by atoms with Gasteiger partial charge in [-0.1, -0.05) is 40.2 Å². The van der Waals surface area contributed by atoms with Gasteiger partial charge in [-0.05, 0) is 42.3 Å².